The smallest absolute Gasteiger partial charge is 0.269 e. The summed E-state index contributed by atoms with van der Waals surface area (Å²) in [5, 5.41) is 10.7. The van der Waals surface area contributed by atoms with Crippen LogP contribution in [0.15, 0.2) is 48.5 Å². The monoisotopic (exact) mass is 342 g/mol. The molecule has 130 valence electrons. The lowest BCUT2D eigenvalue weighted by Gasteiger charge is -2.33. The topological polar surface area (TPSA) is 81.9 Å². The summed E-state index contributed by atoms with van der Waals surface area (Å²) in [6, 6.07) is 13.8. The van der Waals surface area contributed by atoms with Gasteiger partial charge in [0.15, 0.2) is 0 Å². The maximum Gasteiger partial charge on any atom is 0.269 e. The number of carbonyl (C=O) groups is 1. The van der Waals surface area contributed by atoms with Gasteiger partial charge in [0.05, 0.1) is 18.6 Å². The van der Waals surface area contributed by atoms with Gasteiger partial charge in [-0.25, -0.2) is 0 Å². The van der Waals surface area contributed by atoms with Crippen LogP contribution in [0, 0.1) is 10.1 Å². The van der Waals surface area contributed by atoms with Gasteiger partial charge in [-0.05, 0) is 35.4 Å². The normalized spacial score (nSPS) is 17.4. The van der Waals surface area contributed by atoms with Crippen molar-refractivity contribution in [3.8, 4) is 5.75 Å². The summed E-state index contributed by atoms with van der Waals surface area (Å²) >= 11 is 0. The molecule has 0 saturated carbocycles. The lowest BCUT2D eigenvalue weighted by Crippen LogP contribution is -2.42. The van der Waals surface area contributed by atoms with Crippen LogP contribution in [0.4, 0.5) is 5.69 Å². The molecule has 1 saturated heterocycles. The summed E-state index contributed by atoms with van der Waals surface area (Å²) in [6.45, 7) is 0.885. The number of rotatable bonds is 5. The van der Waals surface area contributed by atoms with Crippen molar-refractivity contribution in [2.24, 2.45) is 0 Å². The van der Waals surface area contributed by atoms with E-state index in [0.717, 1.165) is 16.9 Å². The number of hydrogen-bond acceptors (Lipinski definition) is 5. The Morgan fingerprint density at radius 2 is 1.88 bits per heavy atom. The van der Waals surface area contributed by atoms with Crippen molar-refractivity contribution in [2.75, 3.05) is 20.3 Å². The molecule has 0 unspecified atom stereocenters. The van der Waals surface area contributed by atoms with E-state index >= 15 is 0 Å². The summed E-state index contributed by atoms with van der Waals surface area (Å²) in [7, 11) is 1.61. The molecule has 1 atom stereocenters. The average Bonchev–Trinajstić information content (AvgIpc) is 2.64. The quantitative estimate of drug-likeness (QED) is 0.616. The third kappa shape index (κ3) is 3.95. The van der Waals surface area contributed by atoms with Crippen molar-refractivity contribution < 1.29 is 19.2 Å². The van der Waals surface area contributed by atoms with Gasteiger partial charge in [-0.15, -0.1) is 0 Å². The summed E-state index contributed by atoms with van der Waals surface area (Å²) in [4.78, 5) is 24.2. The molecule has 7 nitrogen and oxygen atoms in total. The van der Waals surface area contributed by atoms with Crippen LogP contribution in [0.5, 0.6) is 5.75 Å². The summed E-state index contributed by atoms with van der Waals surface area (Å²) in [5.74, 6) is 0.690. The van der Waals surface area contributed by atoms with Gasteiger partial charge in [-0.3, -0.25) is 14.9 Å². The Balaban J connectivity index is 1.70. The minimum Gasteiger partial charge on any atom is -0.497 e. The fourth-order valence-corrected chi connectivity index (χ4v) is 2.73. The van der Waals surface area contributed by atoms with Crippen LogP contribution in [0.1, 0.15) is 17.2 Å². The number of morpholine rings is 1. The van der Waals surface area contributed by atoms with Crippen LogP contribution in [-0.2, 0) is 16.1 Å². The molecule has 25 heavy (non-hydrogen) atoms. The fraction of sp³-hybridized carbons (Fsp3) is 0.278. The van der Waals surface area contributed by atoms with Gasteiger partial charge in [0.25, 0.3) is 5.69 Å². The molecule has 3 rings (SSSR count). The molecular formula is C18H18N2O5. The SMILES string of the molecule is COc1ccc(CN2C[C@@H](c3ccc([N+](=O)[O-])cc3)OCC2=O)cc1. The Kier molecular flexibility index (Phi) is 4.95. The van der Waals surface area contributed by atoms with E-state index in [9.17, 15) is 14.9 Å². The van der Waals surface area contributed by atoms with E-state index in [1.54, 1.807) is 24.1 Å². The van der Waals surface area contributed by atoms with Gasteiger partial charge in [-0.2, -0.15) is 0 Å². The van der Waals surface area contributed by atoms with Crippen LogP contribution < -0.4 is 4.74 Å². The van der Waals surface area contributed by atoms with Crippen LogP contribution in [0.3, 0.4) is 0 Å². The summed E-state index contributed by atoms with van der Waals surface area (Å²) in [6.07, 6.45) is -0.295. The molecule has 0 radical (unpaired) electrons. The van der Waals surface area contributed by atoms with Crippen LogP contribution in [0.25, 0.3) is 0 Å². The van der Waals surface area contributed by atoms with Crippen molar-refractivity contribution in [1.82, 2.24) is 4.90 Å². The highest BCUT2D eigenvalue weighted by Gasteiger charge is 2.27. The first kappa shape index (κ1) is 16.9. The molecule has 0 spiro atoms. The Morgan fingerprint density at radius 1 is 1.20 bits per heavy atom. The second-order valence-electron chi connectivity index (χ2n) is 5.77. The molecule has 1 aliphatic heterocycles. The van der Waals surface area contributed by atoms with Crippen LogP contribution >= 0.6 is 0 Å². The van der Waals surface area contributed by atoms with Gasteiger partial charge in [0, 0.05) is 18.7 Å². The highest BCUT2D eigenvalue weighted by Crippen LogP contribution is 2.26. The Labute approximate surface area is 144 Å². The average molecular weight is 342 g/mol. The Bertz CT molecular complexity index is 758. The lowest BCUT2D eigenvalue weighted by atomic mass is 10.1. The number of ether oxygens (including phenoxy) is 2. The first-order valence-electron chi connectivity index (χ1n) is 7.83. The van der Waals surface area contributed by atoms with Gasteiger partial charge in [0.1, 0.15) is 18.5 Å². The number of hydrogen-bond donors (Lipinski definition) is 0. The summed E-state index contributed by atoms with van der Waals surface area (Å²) < 4.78 is 10.7. The first-order chi connectivity index (χ1) is 12.1. The number of carbonyl (C=O) groups excluding carboxylic acids is 1. The van der Waals surface area contributed by atoms with Gasteiger partial charge in [-0.1, -0.05) is 12.1 Å². The molecule has 2 aromatic carbocycles. The van der Waals surface area contributed by atoms with Gasteiger partial charge < -0.3 is 14.4 Å². The number of nitrogens with zero attached hydrogens (tertiary/aromatic N) is 2. The number of benzene rings is 2. The minimum atomic E-state index is -0.439. The Hall–Kier alpha value is -2.93. The van der Waals surface area contributed by atoms with Crippen molar-refractivity contribution in [3.63, 3.8) is 0 Å². The van der Waals surface area contributed by atoms with E-state index in [0.29, 0.717) is 13.1 Å². The zero-order chi connectivity index (χ0) is 17.8. The first-order valence-corrected chi connectivity index (χ1v) is 7.83. The van der Waals surface area contributed by atoms with Crippen LogP contribution in [0.2, 0.25) is 0 Å². The maximum absolute atomic E-state index is 12.1. The second-order valence-corrected chi connectivity index (χ2v) is 5.77. The van der Waals surface area contributed by atoms with Crippen molar-refractivity contribution >= 4 is 11.6 Å². The van der Waals surface area contributed by atoms with E-state index in [2.05, 4.69) is 0 Å². The Morgan fingerprint density at radius 3 is 2.48 bits per heavy atom. The number of non-ortho nitro benzene ring substituents is 1. The third-order valence-corrected chi connectivity index (χ3v) is 4.16. The van der Waals surface area contributed by atoms with Gasteiger partial charge >= 0.3 is 0 Å². The third-order valence-electron chi connectivity index (χ3n) is 4.16. The molecule has 1 fully saturated rings. The van der Waals surface area contributed by atoms with E-state index in [1.807, 2.05) is 24.3 Å². The molecule has 0 N–H and O–H groups in total. The zero-order valence-electron chi connectivity index (χ0n) is 13.8. The molecule has 0 aromatic heterocycles. The molecule has 1 amide bonds. The van der Waals surface area contributed by atoms with E-state index in [-0.39, 0.29) is 24.3 Å². The number of nitro groups is 1. The largest absolute Gasteiger partial charge is 0.497 e. The van der Waals surface area contributed by atoms with Crippen LogP contribution in [-0.4, -0.2) is 36.0 Å². The maximum atomic E-state index is 12.1. The molecule has 0 bridgehead atoms. The molecule has 2 aromatic rings. The molecule has 7 heteroatoms. The number of nitro benzene ring substituents is 1. The molecular weight excluding hydrogens is 324 g/mol. The fourth-order valence-electron chi connectivity index (χ4n) is 2.73. The zero-order valence-corrected chi connectivity index (χ0v) is 13.8. The molecule has 1 heterocycles. The standard InChI is InChI=1S/C18H18N2O5/c1-24-16-8-2-13(3-9-16)10-19-11-17(25-12-18(19)21)14-4-6-15(7-5-14)20(22)23/h2-9,17H,10-12H2,1H3/t17-/m0/s1. The van der Waals surface area contributed by atoms with Crippen molar-refractivity contribution in [3.05, 3.63) is 69.8 Å². The predicted molar refractivity (Wildman–Crippen MR) is 90.2 cm³/mol. The number of methoxy groups -OCH3 is 1. The highest BCUT2D eigenvalue weighted by atomic mass is 16.6. The second kappa shape index (κ2) is 7.31. The predicted octanol–water partition coefficient (Wildman–Crippen LogP) is 2.70. The highest BCUT2D eigenvalue weighted by molar-refractivity contribution is 5.78. The minimum absolute atomic E-state index is 0.00217. The van der Waals surface area contributed by atoms with Crippen molar-refractivity contribution in [2.45, 2.75) is 12.6 Å². The molecule has 1 aliphatic rings. The van der Waals surface area contributed by atoms with E-state index in [1.165, 1.54) is 12.1 Å². The number of amides is 1. The van der Waals surface area contributed by atoms with E-state index in [4.69, 9.17) is 9.47 Å². The van der Waals surface area contributed by atoms with Crippen molar-refractivity contribution in [1.29, 1.82) is 0 Å². The van der Waals surface area contributed by atoms with Gasteiger partial charge in [0.2, 0.25) is 5.91 Å². The lowest BCUT2D eigenvalue weighted by molar-refractivity contribution is -0.384. The van der Waals surface area contributed by atoms with E-state index < -0.39 is 4.92 Å². The molecule has 0 aliphatic carbocycles. The summed E-state index contributed by atoms with van der Waals surface area (Å²) in [5.41, 5.74) is 1.85.